The summed E-state index contributed by atoms with van der Waals surface area (Å²) in [6, 6.07) is 6.20. The van der Waals surface area contributed by atoms with Gasteiger partial charge >= 0.3 is 0 Å². The maximum atomic E-state index is 5.37. The Hall–Kier alpha value is -1.52. The molecule has 1 saturated heterocycles. The molecule has 3 rings (SSSR count). The molecule has 0 aliphatic carbocycles. The number of ether oxygens (including phenoxy) is 2. The summed E-state index contributed by atoms with van der Waals surface area (Å²) in [5.41, 5.74) is 2.57. The Balaban J connectivity index is 1.62. The number of aryl methyl sites for hydroxylation is 1. The molecule has 0 spiro atoms. The van der Waals surface area contributed by atoms with Crippen molar-refractivity contribution < 1.29 is 9.47 Å². The van der Waals surface area contributed by atoms with E-state index in [1.54, 1.807) is 7.11 Å². The van der Waals surface area contributed by atoms with E-state index in [1.807, 2.05) is 6.07 Å². The van der Waals surface area contributed by atoms with Crippen LogP contribution in [0.15, 0.2) is 24.4 Å². The Bertz CT molecular complexity index is 559. The second kappa shape index (κ2) is 6.29. The van der Waals surface area contributed by atoms with E-state index in [4.69, 9.17) is 9.47 Å². The van der Waals surface area contributed by atoms with Crippen molar-refractivity contribution in [2.24, 2.45) is 0 Å². The summed E-state index contributed by atoms with van der Waals surface area (Å²) < 4.78 is 10.7. The Labute approximate surface area is 119 Å². The molecular weight excluding hydrogens is 252 g/mol. The maximum absolute atomic E-state index is 5.37. The minimum absolute atomic E-state index is 0.879. The molecule has 20 heavy (non-hydrogen) atoms. The number of aromatic amines is 1. The predicted molar refractivity (Wildman–Crippen MR) is 80.4 cm³/mol. The standard InChI is InChI=1S/C16H22N2O2/c1-19-14-4-5-16-15(11-14)13(12-17-16)3-2-6-18-7-9-20-10-8-18/h4-5,11-12,17H,2-3,6-10H2,1H3. The number of methoxy groups -OCH3 is 1. The normalized spacial score (nSPS) is 16.6. The molecule has 1 aromatic heterocycles. The molecule has 0 amide bonds. The highest BCUT2D eigenvalue weighted by Crippen LogP contribution is 2.24. The lowest BCUT2D eigenvalue weighted by Crippen LogP contribution is -2.36. The number of hydrogen-bond acceptors (Lipinski definition) is 3. The third kappa shape index (κ3) is 2.97. The molecule has 4 nitrogen and oxygen atoms in total. The number of morpholine rings is 1. The van der Waals surface area contributed by atoms with Gasteiger partial charge in [0.25, 0.3) is 0 Å². The molecule has 1 aliphatic rings. The van der Waals surface area contributed by atoms with Crippen molar-refractivity contribution in [3.63, 3.8) is 0 Å². The molecule has 0 bridgehead atoms. The quantitative estimate of drug-likeness (QED) is 0.910. The topological polar surface area (TPSA) is 37.5 Å². The molecule has 0 radical (unpaired) electrons. The Morgan fingerprint density at radius 2 is 2.15 bits per heavy atom. The van der Waals surface area contributed by atoms with E-state index in [1.165, 1.54) is 22.9 Å². The minimum atomic E-state index is 0.879. The highest BCUT2D eigenvalue weighted by molar-refractivity contribution is 5.84. The molecule has 4 heteroatoms. The van der Waals surface area contributed by atoms with Crippen molar-refractivity contribution in [3.8, 4) is 5.75 Å². The smallest absolute Gasteiger partial charge is 0.119 e. The largest absolute Gasteiger partial charge is 0.497 e. The SMILES string of the molecule is COc1ccc2[nH]cc(CCCN3CCOCC3)c2c1. The van der Waals surface area contributed by atoms with Crippen LogP contribution in [0.1, 0.15) is 12.0 Å². The van der Waals surface area contributed by atoms with Crippen LogP contribution in [-0.4, -0.2) is 49.8 Å². The number of nitrogens with one attached hydrogen (secondary N) is 1. The van der Waals surface area contributed by atoms with Crippen LogP contribution in [0.5, 0.6) is 5.75 Å². The molecule has 0 saturated carbocycles. The first-order valence-electron chi connectivity index (χ1n) is 7.31. The van der Waals surface area contributed by atoms with Crippen LogP contribution >= 0.6 is 0 Å². The predicted octanol–water partition coefficient (Wildman–Crippen LogP) is 2.44. The molecule has 2 heterocycles. The van der Waals surface area contributed by atoms with Crippen LogP contribution in [0.2, 0.25) is 0 Å². The van der Waals surface area contributed by atoms with Gasteiger partial charge in [-0.3, -0.25) is 4.90 Å². The fourth-order valence-corrected chi connectivity index (χ4v) is 2.81. The lowest BCUT2D eigenvalue weighted by molar-refractivity contribution is 0.0375. The number of nitrogens with zero attached hydrogens (tertiary/aromatic N) is 1. The van der Waals surface area contributed by atoms with Gasteiger partial charge in [-0.25, -0.2) is 0 Å². The second-order valence-electron chi connectivity index (χ2n) is 5.28. The molecule has 108 valence electrons. The fourth-order valence-electron chi connectivity index (χ4n) is 2.81. The third-order valence-electron chi connectivity index (χ3n) is 4.00. The van der Waals surface area contributed by atoms with Gasteiger partial charge in [-0.15, -0.1) is 0 Å². The third-order valence-corrected chi connectivity index (χ3v) is 4.00. The number of H-pyrrole nitrogens is 1. The number of hydrogen-bond donors (Lipinski definition) is 1. The van der Waals surface area contributed by atoms with Gasteiger partial charge in [-0.1, -0.05) is 0 Å². The Morgan fingerprint density at radius 3 is 2.95 bits per heavy atom. The van der Waals surface area contributed by atoms with Gasteiger partial charge in [-0.05, 0) is 43.1 Å². The van der Waals surface area contributed by atoms with E-state index in [0.717, 1.165) is 45.0 Å². The van der Waals surface area contributed by atoms with E-state index in [-0.39, 0.29) is 0 Å². The average molecular weight is 274 g/mol. The molecule has 2 aromatic rings. The summed E-state index contributed by atoms with van der Waals surface area (Å²) in [5.74, 6) is 0.923. The van der Waals surface area contributed by atoms with Crippen LogP contribution in [0.25, 0.3) is 10.9 Å². The molecule has 1 fully saturated rings. The van der Waals surface area contributed by atoms with E-state index in [2.05, 4.69) is 28.2 Å². The van der Waals surface area contributed by atoms with Crippen LogP contribution in [-0.2, 0) is 11.2 Å². The van der Waals surface area contributed by atoms with Crippen molar-refractivity contribution in [2.45, 2.75) is 12.8 Å². The van der Waals surface area contributed by atoms with Crippen molar-refractivity contribution in [1.29, 1.82) is 0 Å². The zero-order valence-electron chi connectivity index (χ0n) is 12.0. The van der Waals surface area contributed by atoms with E-state index < -0.39 is 0 Å². The van der Waals surface area contributed by atoms with Gasteiger partial charge in [0.1, 0.15) is 5.75 Å². The Kier molecular flexibility index (Phi) is 4.23. The van der Waals surface area contributed by atoms with Crippen LogP contribution in [0.3, 0.4) is 0 Å². The molecule has 1 aromatic carbocycles. The first kappa shape index (κ1) is 13.5. The van der Waals surface area contributed by atoms with Gasteiger partial charge in [0.15, 0.2) is 0 Å². The maximum Gasteiger partial charge on any atom is 0.119 e. The summed E-state index contributed by atoms with van der Waals surface area (Å²) in [4.78, 5) is 5.82. The first-order valence-corrected chi connectivity index (χ1v) is 7.31. The van der Waals surface area contributed by atoms with E-state index >= 15 is 0 Å². The van der Waals surface area contributed by atoms with Crippen molar-refractivity contribution in [3.05, 3.63) is 30.0 Å². The van der Waals surface area contributed by atoms with Gasteiger partial charge < -0.3 is 14.5 Å². The van der Waals surface area contributed by atoms with Gasteiger partial charge in [-0.2, -0.15) is 0 Å². The number of rotatable bonds is 5. The number of fused-ring (bicyclic) bond motifs is 1. The molecular formula is C16H22N2O2. The minimum Gasteiger partial charge on any atom is -0.497 e. The monoisotopic (exact) mass is 274 g/mol. The first-order chi connectivity index (χ1) is 9.86. The number of benzene rings is 1. The zero-order chi connectivity index (χ0) is 13.8. The summed E-state index contributed by atoms with van der Waals surface area (Å²) >= 11 is 0. The van der Waals surface area contributed by atoms with Crippen molar-refractivity contribution >= 4 is 10.9 Å². The highest BCUT2D eigenvalue weighted by Gasteiger charge is 2.10. The van der Waals surface area contributed by atoms with Crippen molar-refractivity contribution in [1.82, 2.24) is 9.88 Å². The van der Waals surface area contributed by atoms with Gasteiger partial charge in [0.2, 0.25) is 0 Å². The molecule has 0 atom stereocenters. The number of aromatic nitrogens is 1. The van der Waals surface area contributed by atoms with E-state index in [9.17, 15) is 0 Å². The summed E-state index contributed by atoms with van der Waals surface area (Å²) in [7, 11) is 1.71. The summed E-state index contributed by atoms with van der Waals surface area (Å²) in [5, 5.41) is 1.28. The summed E-state index contributed by atoms with van der Waals surface area (Å²) in [6.07, 6.45) is 4.41. The van der Waals surface area contributed by atoms with Crippen LogP contribution in [0.4, 0.5) is 0 Å². The second-order valence-corrected chi connectivity index (χ2v) is 5.28. The Morgan fingerprint density at radius 1 is 1.30 bits per heavy atom. The molecule has 1 N–H and O–H groups in total. The van der Waals surface area contributed by atoms with Crippen LogP contribution < -0.4 is 4.74 Å². The van der Waals surface area contributed by atoms with Gasteiger partial charge in [0.05, 0.1) is 20.3 Å². The lowest BCUT2D eigenvalue weighted by atomic mass is 10.1. The van der Waals surface area contributed by atoms with Crippen molar-refractivity contribution in [2.75, 3.05) is 40.0 Å². The molecule has 0 unspecified atom stereocenters. The lowest BCUT2D eigenvalue weighted by Gasteiger charge is -2.26. The van der Waals surface area contributed by atoms with Crippen LogP contribution in [0, 0.1) is 0 Å². The fraction of sp³-hybridized carbons (Fsp3) is 0.500. The van der Waals surface area contributed by atoms with E-state index in [0.29, 0.717) is 0 Å². The van der Waals surface area contributed by atoms with Gasteiger partial charge in [0, 0.05) is 30.2 Å². The molecule has 1 aliphatic heterocycles. The zero-order valence-corrected chi connectivity index (χ0v) is 12.0. The summed E-state index contributed by atoms with van der Waals surface area (Å²) in [6.45, 7) is 5.05. The average Bonchev–Trinajstić information content (AvgIpc) is 2.91. The highest BCUT2D eigenvalue weighted by atomic mass is 16.5.